The van der Waals surface area contributed by atoms with Crippen molar-refractivity contribution in [2.24, 2.45) is 5.92 Å². The molecule has 2 aromatic rings. The van der Waals surface area contributed by atoms with Crippen LogP contribution < -0.4 is 0 Å². The number of aryl methyl sites for hydroxylation is 1. The Labute approximate surface area is 126 Å². The zero-order valence-electron chi connectivity index (χ0n) is 12.9. The maximum Gasteiger partial charge on any atom is 0.226 e. The molecular weight excluding hydrogens is 262 g/mol. The Balaban J connectivity index is 1.57. The summed E-state index contributed by atoms with van der Waals surface area (Å²) in [7, 11) is 2.18. The predicted octanol–water partition coefficient (Wildman–Crippen LogP) is 2.85. The van der Waals surface area contributed by atoms with Crippen LogP contribution in [0, 0.1) is 12.8 Å². The van der Waals surface area contributed by atoms with E-state index in [-0.39, 0.29) is 0 Å². The number of rotatable bonds is 4. The van der Waals surface area contributed by atoms with Crippen molar-refractivity contribution in [2.75, 3.05) is 20.1 Å². The largest absolute Gasteiger partial charge is 0.339 e. The van der Waals surface area contributed by atoms with Crippen molar-refractivity contribution in [3.63, 3.8) is 0 Å². The summed E-state index contributed by atoms with van der Waals surface area (Å²) in [5.41, 5.74) is 2.50. The second kappa shape index (κ2) is 6.39. The fourth-order valence-corrected chi connectivity index (χ4v) is 2.85. The van der Waals surface area contributed by atoms with Gasteiger partial charge < -0.3 is 9.42 Å². The van der Waals surface area contributed by atoms with E-state index in [0.717, 1.165) is 24.6 Å². The van der Waals surface area contributed by atoms with Crippen molar-refractivity contribution >= 4 is 0 Å². The zero-order valence-corrected chi connectivity index (χ0v) is 12.9. The van der Waals surface area contributed by atoms with Crippen molar-refractivity contribution in [1.82, 2.24) is 15.0 Å². The van der Waals surface area contributed by atoms with Crippen LogP contribution in [0.4, 0.5) is 0 Å². The summed E-state index contributed by atoms with van der Waals surface area (Å²) in [6.45, 7) is 4.45. The van der Waals surface area contributed by atoms with E-state index in [1.165, 1.54) is 37.1 Å². The molecule has 21 heavy (non-hydrogen) atoms. The van der Waals surface area contributed by atoms with E-state index in [2.05, 4.69) is 53.3 Å². The standard InChI is InChI=1S/C17H23N3O/c1-13-3-5-14(6-4-13)11-16-18-17(21-19-16)12-15-7-9-20(2)10-8-15/h3-6,15H,7-12H2,1-2H3. The summed E-state index contributed by atoms with van der Waals surface area (Å²) in [6.07, 6.45) is 4.13. The number of hydrogen-bond donors (Lipinski definition) is 0. The highest BCUT2D eigenvalue weighted by Crippen LogP contribution is 2.20. The molecule has 0 atom stereocenters. The number of hydrogen-bond acceptors (Lipinski definition) is 4. The minimum atomic E-state index is 0.689. The normalized spacial score (nSPS) is 17.2. The number of aromatic nitrogens is 2. The fourth-order valence-electron chi connectivity index (χ4n) is 2.85. The topological polar surface area (TPSA) is 42.2 Å². The average Bonchev–Trinajstić information content (AvgIpc) is 2.91. The van der Waals surface area contributed by atoms with Gasteiger partial charge in [-0.15, -0.1) is 0 Å². The average molecular weight is 285 g/mol. The Kier molecular flexibility index (Phi) is 4.34. The van der Waals surface area contributed by atoms with Crippen molar-refractivity contribution < 1.29 is 4.52 Å². The summed E-state index contributed by atoms with van der Waals surface area (Å²) in [4.78, 5) is 6.93. The molecule has 1 aliphatic heterocycles. The molecule has 0 spiro atoms. The molecule has 112 valence electrons. The molecule has 0 amide bonds. The smallest absolute Gasteiger partial charge is 0.226 e. The third-order valence-corrected chi connectivity index (χ3v) is 4.29. The first-order chi connectivity index (χ1) is 10.2. The highest BCUT2D eigenvalue weighted by molar-refractivity contribution is 5.23. The SMILES string of the molecule is Cc1ccc(Cc2noc(CC3CCN(C)CC3)n2)cc1. The van der Waals surface area contributed by atoms with Gasteiger partial charge in [-0.2, -0.15) is 4.98 Å². The van der Waals surface area contributed by atoms with Gasteiger partial charge >= 0.3 is 0 Å². The number of benzene rings is 1. The summed E-state index contributed by atoms with van der Waals surface area (Å²) < 4.78 is 5.42. The van der Waals surface area contributed by atoms with E-state index in [1.54, 1.807) is 0 Å². The van der Waals surface area contributed by atoms with Crippen LogP contribution in [0.5, 0.6) is 0 Å². The van der Waals surface area contributed by atoms with Gasteiger partial charge in [0.05, 0.1) is 0 Å². The first-order valence-corrected chi connectivity index (χ1v) is 7.74. The van der Waals surface area contributed by atoms with E-state index in [0.29, 0.717) is 5.92 Å². The Hall–Kier alpha value is -1.68. The molecule has 4 heteroatoms. The van der Waals surface area contributed by atoms with E-state index < -0.39 is 0 Å². The highest BCUT2D eigenvalue weighted by atomic mass is 16.5. The van der Waals surface area contributed by atoms with Gasteiger partial charge in [-0.25, -0.2) is 0 Å². The minimum Gasteiger partial charge on any atom is -0.339 e. The quantitative estimate of drug-likeness (QED) is 0.866. The van der Waals surface area contributed by atoms with Crippen molar-refractivity contribution in [2.45, 2.75) is 32.6 Å². The highest BCUT2D eigenvalue weighted by Gasteiger charge is 2.19. The summed E-state index contributed by atoms with van der Waals surface area (Å²) >= 11 is 0. The fraction of sp³-hybridized carbons (Fsp3) is 0.529. The summed E-state index contributed by atoms with van der Waals surface area (Å²) in [5, 5.41) is 4.12. The lowest BCUT2D eigenvalue weighted by atomic mass is 9.94. The number of piperidine rings is 1. The van der Waals surface area contributed by atoms with E-state index in [4.69, 9.17) is 4.52 Å². The van der Waals surface area contributed by atoms with Gasteiger partial charge in [0, 0.05) is 12.8 Å². The molecule has 0 aliphatic carbocycles. The molecule has 1 aliphatic rings. The molecule has 0 N–H and O–H groups in total. The summed E-state index contributed by atoms with van der Waals surface area (Å²) in [6, 6.07) is 8.49. The van der Waals surface area contributed by atoms with Crippen LogP contribution in [0.2, 0.25) is 0 Å². The van der Waals surface area contributed by atoms with Crippen molar-refractivity contribution in [3.8, 4) is 0 Å². The Morgan fingerprint density at radius 2 is 1.90 bits per heavy atom. The maximum absolute atomic E-state index is 5.42. The van der Waals surface area contributed by atoms with Gasteiger partial charge in [0.2, 0.25) is 5.89 Å². The van der Waals surface area contributed by atoms with Crippen LogP contribution in [0.25, 0.3) is 0 Å². The van der Waals surface area contributed by atoms with Crippen molar-refractivity contribution in [3.05, 3.63) is 47.1 Å². The van der Waals surface area contributed by atoms with Crippen LogP contribution in [0.15, 0.2) is 28.8 Å². The third kappa shape index (κ3) is 3.91. The minimum absolute atomic E-state index is 0.689. The maximum atomic E-state index is 5.42. The molecule has 0 unspecified atom stereocenters. The number of nitrogens with zero attached hydrogens (tertiary/aromatic N) is 3. The Morgan fingerprint density at radius 3 is 2.62 bits per heavy atom. The van der Waals surface area contributed by atoms with Crippen LogP contribution >= 0.6 is 0 Å². The first kappa shape index (κ1) is 14.3. The lowest BCUT2D eigenvalue weighted by Crippen LogP contribution is -2.30. The van der Waals surface area contributed by atoms with E-state index in [9.17, 15) is 0 Å². The predicted molar refractivity (Wildman–Crippen MR) is 82.2 cm³/mol. The molecule has 4 nitrogen and oxygen atoms in total. The van der Waals surface area contributed by atoms with Gasteiger partial charge in [-0.1, -0.05) is 35.0 Å². The Morgan fingerprint density at radius 1 is 1.19 bits per heavy atom. The zero-order chi connectivity index (χ0) is 14.7. The second-order valence-electron chi connectivity index (χ2n) is 6.22. The van der Waals surface area contributed by atoms with Gasteiger partial charge in [-0.3, -0.25) is 0 Å². The molecule has 0 saturated carbocycles. The second-order valence-corrected chi connectivity index (χ2v) is 6.22. The molecule has 1 fully saturated rings. The Bertz CT molecular complexity index is 568. The van der Waals surface area contributed by atoms with Crippen molar-refractivity contribution in [1.29, 1.82) is 0 Å². The lowest BCUT2D eigenvalue weighted by Gasteiger charge is -2.27. The number of likely N-dealkylation sites (tertiary alicyclic amines) is 1. The van der Waals surface area contributed by atoms with E-state index >= 15 is 0 Å². The molecule has 1 aromatic heterocycles. The molecule has 0 bridgehead atoms. The molecular formula is C17H23N3O. The summed E-state index contributed by atoms with van der Waals surface area (Å²) in [5.74, 6) is 2.28. The monoisotopic (exact) mass is 285 g/mol. The van der Waals surface area contributed by atoms with Gasteiger partial charge in [0.15, 0.2) is 5.82 Å². The van der Waals surface area contributed by atoms with E-state index in [1.807, 2.05) is 0 Å². The molecule has 0 radical (unpaired) electrons. The molecule has 1 saturated heterocycles. The van der Waals surface area contributed by atoms with Crippen LogP contribution in [0.1, 0.15) is 35.7 Å². The van der Waals surface area contributed by atoms with Crippen LogP contribution in [-0.4, -0.2) is 35.2 Å². The first-order valence-electron chi connectivity index (χ1n) is 7.74. The molecule has 3 rings (SSSR count). The van der Waals surface area contributed by atoms with Crippen LogP contribution in [0.3, 0.4) is 0 Å². The third-order valence-electron chi connectivity index (χ3n) is 4.29. The van der Waals surface area contributed by atoms with Gasteiger partial charge in [0.25, 0.3) is 0 Å². The molecule has 1 aromatic carbocycles. The lowest BCUT2D eigenvalue weighted by molar-refractivity contribution is 0.208. The van der Waals surface area contributed by atoms with Gasteiger partial charge in [-0.05, 0) is 51.4 Å². The van der Waals surface area contributed by atoms with Gasteiger partial charge in [0.1, 0.15) is 0 Å². The van der Waals surface area contributed by atoms with Crippen LogP contribution in [-0.2, 0) is 12.8 Å². The molecule has 2 heterocycles.